The molecule has 0 aliphatic carbocycles. The van der Waals surface area contributed by atoms with E-state index in [1.54, 1.807) is 14.2 Å². The molecule has 0 saturated heterocycles. The summed E-state index contributed by atoms with van der Waals surface area (Å²) in [6.07, 6.45) is 1.13. The summed E-state index contributed by atoms with van der Waals surface area (Å²) in [5, 5.41) is 3.47. The minimum absolute atomic E-state index is 0.534. The summed E-state index contributed by atoms with van der Waals surface area (Å²) in [4.78, 5) is 0. The lowest BCUT2D eigenvalue weighted by Gasteiger charge is -2.26. The van der Waals surface area contributed by atoms with Gasteiger partial charge in [0.25, 0.3) is 0 Å². The molecule has 15 heavy (non-hydrogen) atoms. The maximum atomic E-state index is 5.10. The van der Waals surface area contributed by atoms with Crippen LogP contribution >= 0.6 is 0 Å². The maximum absolute atomic E-state index is 5.10. The average Bonchev–Trinajstić information content (AvgIpc) is 2.24. The van der Waals surface area contributed by atoms with E-state index < -0.39 is 0 Å². The van der Waals surface area contributed by atoms with Gasteiger partial charge in [-0.3, -0.25) is 0 Å². The van der Waals surface area contributed by atoms with Crippen LogP contribution in [0.4, 0.5) is 0 Å². The monoisotopic (exact) mass is 217 g/mol. The highest BCUT2D eigenvalue weighted by Gasteiger charge is 2.18. The summed E-state index contributed by atoms with van der Waals surface area (Å²) >= 11 is 0. The van der Waals surface area contributed by atoms with Crippen molar-refractivity contribution in [2.45, 2.75) is 33.2 Å². The Morgan fingerprint density at radius 2 is 1.60 bits per heavy atom. The summed E-state index contributed by atoms with van der Waals surface area (Å²) in [6, 6.07) is 0.534. The third kappa shape index (κ3) is 6.88. The van der Waals surface area contributed by atoms with Gasteiger partial charge in [-0.05, 0) is 25.2 Å². The van der Waals surface area contributed by atoms with Crippen LogP contribution in [0.5, 0.6) is 0 Å². The molecule has 0 aliphatic rings. The van der Waals surface area contributed by atoms with Crippen LogP contribution < -0.4 is 5.32 Å². The molecule has 0 amide bonds. The lowest BCUT2D eigenvalue weighted by molar-refractivity contribution is 0.155. The molecule has 0 bridgehead atoms. The zero-order valence-electron chi connectivity index (χ0n) is 10.9. The second-order valence-corrected chi connectivity index (χ2v) is 4.35. The van der Waals surface area contributed by atoms with Crippen LogP contribution in [0.15, 0.2) is 0 Å². The van der Waals surface area contributed by atoms with Gasteiger partial charge in [0.2, 0.25) is 0 Å². The lowest BCUT2D eigenvalue weighted by atomic mass is 9.87. The van der Waals surface area contributed by atoms with Crippen molar-refractivity contribution in [3.8, 4) is 0 Å². The van der Waals surface area contributed by atoms with Crippen LogP contribution in [0, 0.1) is 11.8 Å². The van der Waals surface area contributed by atoms with Gasteiger partial charge in [0, 0.05) is 33.4 Å². The fraction of sp³-hybridized carbons (Fsp3) is 1.00. The van der Waals surface area contributed by atoms with E-state index >= 15 is 0 Å². The molecule has 0 aromatic rings. The maximum Gasteiger partial charge on any atom is 0.0587 e. The molecule has 0 aromatic carbocycles. The van der Waals surface area contributed by atoms with Crippen LogP contribution in [0.2, 0.25) is 0 Å². The quantitative estimate of drug-likeness (QED) is 0.599. The van der Waals surface area contributed by atoms with Crippen LogP contribution in [0.1, 0.15) is 27.2 Å². The molecule has 3 nitrogen and oxygen atoms in total. The Morgan fingerprint density at radius 1 is 1.00 bits per heavy atom. The third-order valence-electron chi connectivity index (χ3n) is 3.24. The molecule has 0 aliphatic heterocycles. The molecular formula is C12H27NO2. The Labute approximate surface area is 94.5 Å². The highest BCUT2D eigenvalue weighted by molar-refractivity contribution is 4.73. The Morgan fingerprint density at radius 3 is 2.13 bits per heavy atom. The summed E-state index contributed by atoms with van der Waals surface area (Å²) in [6.45, 7) is 9.39. The van der Waals surface area contributed by atoms with Crippen LogP contribution in [0.3, 0.4) is 0 Å². The molecular weight excluding hydrogens is 190 g/mol. The summed E-state index contributed by atoms with van der Waals surface area (Å²) < 4.78 is 10.1. The first-order valence-corrected chi connectivity index (χ1v) is 5.84. The van der Waals surface area contributed by atoms with E-state index in [2.05, 4.69) is 26.1 Å². The van der Waals surface area contributed by atoms with Crippen molar-refractivity contribution in [1.29, 1.82) is 0 Å². The number of hydrogen-bond donors (Lipinski definition) is 1. The second kappa shape index (κ2) is 9.13. The first-order chi connectivity index (χ1) is 7.13. The molecule has 92 valence electrons. The molecule has 3 heteroatoms. The smallest absolute Gasteiger partial charge is 0.0587 e. The fourth-order valence-corrected chi connectivity index (χ4v) is 1.63. The molecule has 0 fully saturated rings. The van der Waals surface area contributed by atoms with E-state index in [9.17, 15) is 0 Å². The molecule has 0 rings (SSSR count). The molecule has 1 N–H and O–H groups in total. The Kier molecular flexibility index (Phi) is 9.06. The highest BCUT2D eigenvalue weighted by Crippen LogP contribution is 2.18. The van der Waals surface area contributed by atoms with Crippen LogP contribution in [0.25, 0.3) is 0 Å². The molecule has 0 radical (unpaired) electrons. The molecule has 3 atom stereocenters. The standard InChI is InChI=1S/C12H27NO2/c1-10(6-8-14-4)11(2)12(3)13-7-9-15-5/h10-13H,6-9H2,1-5H3. The predicted molar refractivity (Wildman–Crippen MR) is 64.2 cm³/mol. The average molecular weight is 217 g/mol. The number of rotatable bonds is 9. The van der Waals surface area contributed by atoms with Crippen molar-refractivity contribution in [2.75, 3.05) is 34.0 Å². The van der Waals surface area contributed by atoms with Gasteiger partial charge < -0.3 is 14.8 Å². The van der Waals surface area contributed by atoms with Crippen molar-refractivity contribution >= 4 is 0 Å². The van der Waals surface area contributed by atoms with Crippen LogP contribution in [-0.4, -0.2) is 40.0 Å². The minimum Gasteiger partial charge on any atom is -0.385 e. The lowest BCUT2D eigenvalue weighted by Crippen LogP contribution is -2.37. The van der Waals surface area contributed by atoms with E-state index in [0.717, 1.165) is 26.2 Å². The van der Waals surface area contributed by atoms with Crippen molar-refractivity contribution in [3.05, 3.63) is 0 Å². The van der Waals surface area contributed by atoms with E-state index in [1.807, 2.05) is 0 Å². The zero-order valence-corrected chi connectivity index (χ0v) is 10.9. The van der Waals surface area contributed by atoms with E-state index in [1.165, 1.54) is 0 Å². The Balaban J connectivity index is 3.69. The first kappa shape index (κ1) is 14.9. The van der Waals surface area contributed by atoms with E-state index in [-0.39, 0.29) is 0 Å². The summed E-state index contributed by atoms with van der Waals surface area (Å²) in [5.74, 6) is 1.35. The van der Waals surface area contributed by atoms with Gasteiger partial charge in [-0.15, -0.1) is 0 Å². The number of ether oxygens (including phenoxy) is 2. The topological polar surface area (TPSA) is 30.5 Å². The molecule has 0 aromatic heterocycles. The SMILES string of the molecule is COCCNC(C)C(C)C(C)CCOC. The Bertz CT molecular complexity index is 142. The Hall–Kier alpha value is -0.120. The largest absolute Gasteiger partial charge is 0.385 e. The highest BCUT2D eigenvalue weighted by atomic mass is 16.5. The van der Waals surface area contributed by atoms with Gasteiger partial charge in [0.05, 0.1) is 6.61 Å². The molecule has 3 unspecified atom stereocenters. The fourth-order valence-electron chi connectivity index (χ4n) is 1.63. The number of methoxy groups -OCH3 is 2. The predicted octanol–water partition coefficient (Wildman–Crippen LogP) is 1.92. The van der Waals surface area contributed by atoms with Gasteiger partial charge in [0.1, 0.15) is 0 Å². The van der Waals surface area contributed by atoms with Gasteiger partial charge in [-0.25, -0.2) is 0 Å². The van der Waals surface area contributed by atoms with Crippen molar-refractivity contribution in [1.82, 2.24) is 5.32 Å². The van der Waals surface area contributed by atoms with Crippen LogP contribution in [-0.2, 0) is 9.47 Å². The molecule has 0 saturated carbocycles. The minimum atomic E-state index is 0.534. The van der Waals surface area contributed by atoms with Crippen molar-refractivity contribution in [3.63, 3.8) is 0 Å². The first-order valence-electron chi connectivity index (χ1n) is 5.84. The molecule has 0 spiro atoms. The number of hydrogen-bond acceptors (Lipinski definition) is 3. The van der Waals surface area contributed by atoms with Gasteiger partial charge in [-0.2, -0.15) is 0 Å². The molecule has 0 heterocycles. The second-order valence-electron chi connectivity index (χ2n) is 4.35. The van der Waals surface area contributed by atoms with Gasteiger partial charge >= 0.3 is 0 Å². The van der Waals surface area contributed by atoms with Crippen molar-refractivity contribution in [2.24, 2.45) is 11.8 Å². The normalized spacial score (nSPS) is 17.4. The van der Waals surface area contributed by atoms with Gasteiger partial charge in [-0.1, -0.05) is 13.8 Å². The van der Waals surface area contributed by atoms with E-state index in [0.29, 0.717) is 17.9 Å². The van der Waals surface area contributed by atoms with Crippen molar-refractivity contribution < 1.29 is 9.47 Å². The third-order valence-corrected chi connectivity index (χ3v) is 3.24. The zero-order chi connectivity index (χ0) is 11.7. The number of nitrogens with one attached hydrogen (secondary N) is 1. The summed E-state index contributed by atoms with van der Waals surface area (Å²) in [5.41, 5.74) is 0. The van der Waals surface area contributed by atoms with E-state index in [4.69, 9.17) is 9.47 Å². The van der Waals surface area contributed by atoms with Gasteiger partial charge in [0.15, 0.2) is 0 Å². The summed E-state index contributed by atoms with van der Waals surface area (Å²) in [7, 11) is 3.49.